The third-order valence-electron chi connectivity index (χ3n) is 8.20. The van der Waals surface area contributed by atoms with Gasteiger partial charge in [0, 0.05) is 48.0 Å². The summed E-state index contributed by atoms with van der Waals surface area (Å²) in [5.41, 5.74) is 4.71. The molecular formula is C36H37F2N7O2. The molecule has 1 amide bonds. The molecule has 0 aliphatic heterocycles. The predicted molar refractivity (Wildman–Crippen MR) is 180 cm³/mol. The van der Waals surface area contributed by atoms with Gasteiger partial charge < -0.3 is 30.4 Å². The smallest absolute Gasteiger partial charge is 0.271 e. The molecule has 1 aliphatic rings. The summed E-state index contributed by atoms with van der Waals surface area (Å²) in [6.45, 7) is 5.58. The lowest BCUT2D eigenvalue weighted by molar-refractivity contribution is 0.0920. The molecule has 47 heavy (non-hydrogen) atoms. The number of rotatable bonds is 12. The zero-order chi connectivity index (χ0) is 32.8. The molecule has 0 unspecified atom stereocenters. The molecular weight excluding hydrogens is 600 g/mol. The van der Waals surface area contributed by atoms with Crippen LogP contribution < -0.4 is 26.0 Å². The van der Waals surface area contributed by atoms with E-state index >= 15 is 0 Å². The van der Waals surface area contributed by atoms with Crippen LogP contribution in [0.2, 0.25) is 0 Å². The van der Waals surface area contributed by atoms with Crippen molar-refractivity contribution in [2.75, 3.05) is 25.5 Å². The summed E-state index contributed by atoms with van der Waals surface area (Å²) in [6, 6.07) is 20.2. The molecule has 3 aromatic heterocycles. The fraction of sp³-hybridized carbons (Fsp3) is 0.250. The lowest BCUT2D eigenvalue weighted by atomic mass is 9.90. The Morgan fingerprint density at radius 3 is 2.47 bits per heavy atom. The van der Waals surface area contributed by atoms with Crippen molar-refractivity contribution in [1.82, 2.24) is 30.3 Å². The number of carbonyl (C=O) groups is 1. The number of hydrogen-bond acceptors (Lipinski definition) is 7. The summed E-state index contributed by atoms with van der Waals surface area (Å²) in [5, 5.41) is 12.9. The lowest BCUT2D eigenvalue weighted by Gasteiger charge is -2.31. The number of aromatic nitrogens is 3. The molecule has 4 N–H and O–H groups in total. The van der Waals surface area contributed by atoms with Crippen LogP contribution in [0.15, 0.2) is 91.9 Å². The third kappa shape index (κ3) is 7.93. The van der Waals surface area contributed by atoms with Gasteiger partial charge >= 0.3 is 0 Å². The summed E-state index contributed by atoms with van der Waals surface area (Å²) in [6.07, 6.45) is 7.07. The van der Waals surface area contributed by atoms with Crippen molar-refractivity contribution in [2.24, 2.45) is 0 Å². The number of benzene rings is 2. The molecule has 0 spiro atoms. The van der Waals surface area contributed by atoms with Gasteiger partial charge in [-0.1, -0.05) is 30.8 Å². The van der Waals surface area contributed by atoms with Gasteiger partial charge in [0.1, 0.15) is 41.1 Å². The first-order chi connectivity index (χ1) is 22.8. The van der Waals surface area contributed by atoms with Crippen LogP contribution in [0.5, 0.6) is 5.75 Å². The van der Waals surface area contributed by atoms with Gasteiger partial charge in [-0.2, -0.15) is 0 Å². The largest absolute Gasteiger partial charge is 0.492 e. The second kappa shape index (κ2) is 14.4. The van der Waals surface area contributed by atoms with Crippen LogP contribution in [0.1, 0.15) is 41.7 Å². The van der Waals surface area contributed by atoms with Crippen LogP contribution in [-0.4, -0.2) is 52.6 Å². The number of hydrogen-bond donors (Lipinski definition) is 4. The first-order valence-electron chi connectivity index (χ1n) is 15.7. The van der Waals surface area contributed by atoms with E-state index in [9.17, 15) is 13.6 Å². The number of amides is 1. The van der Waals surface area contributed by atoms with Crippen molar-refractivity contribution in [3.63, 3.8) is 0 Å². The van der Waals surface area contributed by atoms with Gasteiger partial charge in [0.05, 0.1) is 6.20 Å². The molecule has 242 valence electrons. The quantitative estimate of drug-likeness (QED) is 0.119. The maximum Gasteiger partial charge on any atom is 0.271 e. The minimum atomic E-state index is -0.458. The second-order valence-electron chi connectivity index (χ2n) is 11.6. The number of pyridine rings is 2. The summed E-state index contributed by atoms with van der Waals surface area (Å²) in [7, 11) is 1.89. The van der Waals surface area contributed by atoms with E-state index < -0.39 is 11.6 Å². The molecule has 1 fully saturated rings. The van der Waals surface area contributed by atoms with Gasteiger partial charge in [-0.25, -0.2) is 18.7 Å². The molecule has 0 radical (unpaired) electrons. The van der Waals surface area contributed by atoms with Crippen LogP contribution in [0.25, 0.3) is 22.5 Å². The van der Waals surface area contributed by atoms with Crippen molar-refractivity contribution in [2.45, 2.75) is 37.8 Å². The van der Waals surface area contributed by atoms with Gasteiger partial charge in [-0.3, -0.25) is 4.79 Å². The van der Waals surface area contributed by atoms with Gasteiger partial charge in [-0.05, 0) is 86.3 Å². The molecule has 2 aromatic carbocycles. The molecule has 0 bridgehead atoms. The Balaban J connectivity index is 1.05. The summed E-state index contributed by atoms with van der Waals surface area (Å²) >= 11 is 0. The molecule has 9 nitrogen and oxygen atoms in total. The summed E-state index contributed by atoms with van der Waals surface area (Å²) < 4.78 is 35.2. The zero-order valence-corrected chi connectivity index (χ0v) is 26.1. The Kier molecular flexibility index (Phi) is 9.72. The molecule has 6 rings (SSSR count). The van der Waals surface area contributed by atoms with Crippen LogP contribution in [-0.2, 0) is 0 Å². The average molecular weight is 638 g/mol. The Labute approximate surface area is 272 Å². The highest BCUT2D eigenvalue weighted by molar-refractivity contribution is 5.93. The molecule has 5 aromatic rings. The van der Waals surface area contributed by atoms with Gasteiger partial charge in [0.25, 0.3) is 5.91 Å². The number of fused-ring (bicyclic) bond motifs is 1. The van der Waals surface area contributed by atoms with Crippen molar-refractivity contribution in [1.29, 1.82) is 0 Å². The predicted octanol–water partition coefficient (Wildman–Crippen LogP) is 6.32. The number of likely N-dealkylation sites (N-methyl/N-ethyl adjacent to an activating group) is 1. The molecule has 0 saturated heterocycles. The monoisotopic (exact) mass is 637 g/mol. The first kappa shape index (κ1) is 31.7. The maximum atomic E-state index is 14.4. The van der Waals surface area contributed by atoms with Crippen molar-refractivity contribution in [3.8, 4) is 16.9 Å². The zero-order valence-electron chi connectivity index (χ0n) is 26.1. The van der Waals surface area contributed by atoms with Gasteiger partial charge in [-0.15, -0.1) is 0 Å². The minimum Gasteiger partial charge on any atom is -0.492 e. The van der Waals surface area contributed by atoms with E-state index in [1.807, 2.05) is 55.6 Å². The number of halogens is 2. The van der Waals surface area contributed by atoms with Crippen molar-refractivity contribution >= 4 is 28.8 Å². The van der Waals surface area contributed by atoms with E-state index in [4.69, 9.17) is 4.74 Å². The minimum absolute atomic E-state index is 0.0159. The SMILES string of the molecule is C=C(NC1CCC(NC(=O)c2cn3cc(F)ccc3n2)CC1)c1cc(F)cnc1Nc1cccc(-c2ccc(OCCNC)cc2)c1. The van der Waals surface area contributed by atoms with Crippen LogP contribution in [0.3, 0.4) is 0 Å². The van der Waals surface area contributed by atoms with E-state index in [2.05, 4.69) is 37.8 Å². The number of ether oxygens (including phenoxy) is 1. The normalized spacial score (nSPS) is 16.1. The Hall–Kier alpha value is -5.29. The standard InChI is InChI=1S/C36H37F2N7O2/c1-23(41-28-9-11-29(12-10-28)43-36(46)33-22-45-21-26(37)8-15-34(45)44-33)32-19-27(38)20-40-35(32)42-30-5-3-4-25(18-30)24-6-13-31(14-7-24)47-17-16-39-2/h3-8,13-15,18-22,28-29,39,41H,1,9-12,16-17H2,2H3,(H,40,42)(H,43,46). The second-order valence-corrected chi connectivity index (χ2v) is 11.6. The van der Waals surface area contributed by atoms with Crippen LogP contribution >= 0.6 is 0 Å². The van der Waals surface area contributed by atoms with Crippen molar-refractivity contribution in [3.05, 3.63) is 115 Å². The van der Waals surface area contributed by atoms with Crippen LogP contribution in [0.4, 0.5) is 20.3 Å². The highest BCUT2D eigenvalue weighted by Gasteiger charge is 2.25. The van der Waals surface area contributed by atoms with Gasteiger partial charge in [0.2, 0.25) is 0 Å². The lowest BCUT2D eigenvalue weighted by Crippen LogP contribution is -2.41. The fourth-order valence-corrected chi connectivity index (χ4v) is 5.74. The van der Waals surface area contributed by atoms with E-state index in [0.29, 0.717) is 29.3 Å². The topological polar surface area (TPSA) is 105 Å². The number of nitrogens with one attached hydrogen (secondary N) is 4. The number of imidazole rings is 1. The third-order valence-corrected chi connectivity index (χ3v) is 8.20. The molecule has 3 heterocycles. The molecule has 1 saturated carbocycles. The van der Waals surface area contributed by atoms with E-state index in [1.165, 1.54) is 41.2 Å². The number of anilines is 2. The fourth-order valence-electron chi connectivity index (χ4n) is 5.74. The number of nitrogens with zero attached hydrogens (tertiary/aromatic N) is 3. The summed E-state index contributed by atoms with van der Waals surface area (Å²) in [4.78, 5) is 21.5. The molecule has 0 atom stereocenters. The van der Waals surface area contributed by atoms with E-state index in [0.717, 1.165) is 54.8 Å². The highest BCUT2D eigenvalue weighted by atomic mass is 19.1. The Morgan fingerprint density at radius 1 is 0.936 bits per heavy atom. The molecule has 11 heteroatoms. The van der Waals surface area contributed by atoms with E-state index in [-0.39, 0.29) is 23.7 Å². The van der Waals surface area contributed by atoms with Gasteiger partial charge in [0.15, 0.2) is 0 Å². The Morgan fingerprint density at radius 2 is 1.70 bits per heavy atom. The van der Waals surface area contributed by atoms with Crippen molar-refractivity contribution < 1.29 is 18.3 Å². The Bertz CT molecular complexity index is 1870. The highest BCUT2D eigenvalue weighted by Crippen LogP contribution is 2.29. The van der Waals surface area contributed by atoms with Crippen LogP contribution in [0, 0.1) is 11.6 Å². The number of carbonyl (C=O) groups excluding carboxylic acids is 1. The first-order valence-corrected chi connectivity index (χ1v) is 15.7. The average Bonchev–Trinajstić information content (AvgIpc) is 3.51. The molecule has 1 aliphatic carbocycles. The maximum absolute atomic E-state index is 14.4. The van der Waals surface area contributed by atoms with E-state index in [1.54, 1.807) is 0 Å². The summed E-state index contributed by atoms with van der Waals surface area (Å²) in [5.74, 6) is 0.156.